The van der Waals surface area contributed by atoms with E-state index < -0.39 is 5.97 Å². The highest BCUT2D eigenvalue weighted by Crippen LogP contribution is 2.29. The molecule has 0 saturated heterocycles. The molecule has 3 rings (SSSR count). The molecule has 1 amide bonds. The summed E-state index contributed by atoms with van der Waals surface area (Å²) in [5.74, 6) is 0.458. The molecule has 7 heteroatoms. The van der Waals surface area contributed by atoms with Crippen LogP contribution in [0.4, 0.5) is 0 Å². The molecule has 0 unspecified atom stereocenters. The first-order chi connectivity index (χ1) is 16.0. The van der Waals surface area contributed by atoms with E-state index in [-0.39, 0.29) is 12.5 Å². The summed E-state index contributed by atoms with van der Waals surface area (Å²) in [5.41, 5.74) is 5.78. The Bertz CT molecular complexity index is 1140. The van der Waals surface area contributed by atoms with Crippen LogP contribution in [0, 0.1) is 13.8 Å². The van der Waals surface area contributed by atoms with Crippen LogP contribution < -0.4 is 19.6 Å². The Labute approximate surface area is 193 Å². The third kappa shape index (κ3) is 6.93. The smallest absolute Gasteiger partial charge is 0.343 e. The van der Waals surface area contributed by atoms with Gasteiger partial charge < -0.3 is 14.2 Å². The Morgan fingerprint density at radius 1 is 0.909 bits per heavy atom. The molecule has 0 bridgehead atoms. The fraction of sp³-hybridized carbons (Fsp3) is 0.192. The van der Waals surface area contributed by atoms with Crippen LogP contribution in [-0.2, 0) is 4.79 Å². The Balaban J connectivity index is 1.58. The molecular formula is C26H26N2O5. The molecule has 170 valence electrons. The van der Waals surface area contributed by atoms with Crippen molar-refractivity contribution in [3.8, 4) is 17.2 Å². The molecule has 0 aliphatic rings. The second kappa shape index (κ2) is 11.5. The van der Waals surface area contributed by atoms with Crippen molar-refractivity contribution in [3.63, 3.8) is 0 Å². The molecule has 0 spiro atoms. The van der Waals surface area contributed by atoms with Gasteiger partial charge in [-0.05, 0) is 79.9 Å². The van der Waals surface area contributed by atoms with Crippen LogP contribution in [0.2, 0.25) is 0 Å². The van der Waals surface area contributed by atoms with Crippen LogP contribution in [0.3, 0.4) is 0 Å². The zero-order chi connectivity index (χ0) is 23.6. The van der Waals surface area contributed by atoms with E-state index in [4.69, 9.17) is 14.2 Å². The van der Waals surface area contributed by atoms with Gasteiger partial charge in [-0.15, -0.1) is 0 Å². The van der Waals surface area contributed by atoms with E-state index in [2.05, 4.69) is 10.5 Å². The number of carbonyl (C=O) groups excluding carboxylic acids is 2. The minimum atomic E-state index is -0.478. The highest BCUT2D eigenvalue weighted by molar-refractivity contribution is 5.91. The fourth-order valence-electron chi connectivity index (χ4n) is 2.85. The lowest BCUT2D eigenvalue weighted by atomic mass is 10.1. The minimum absolute atomic E-state index is 0.154. The van der Waals surface area contributed by atoms with Gasteiger partial charge >= 0.3 is 5.97 Å². The third-order valence-corrected chi connectivity index (χ3v) is 4.73. The lowest BCUT2D eigenvalue weighted by Crippen LogP contribution is -2.24. The number of nitrogens with zero attached hydrogens (tertiary/aromatic N) is 1. The van der Waals surface area contributed by atoms with Gasteiger partial charge in [-0.25, -0.2) is 10.2 Å². The van der Waals surface area contributed by atoms with E-state index in [0.29, 0.717) is 35.0 Å². The predicted octanol–water partition coefficient (Wildman–Crippen LogP) is 4.45. The second-order valence-corrected chi connectivity index (χ2v) is 7.22. The van der Waals surface area contributed by atoms with Crippen molar-refractivity contribution in [2.45, 2.75) is 20.8 Å². The van der Waals surface area contributed by atoms with Crippen LogP contribution in [0.1, 0.15) is 34.0 Å². The van der Waals surface area contributed by atoms with Crippen LogP contribution in [0.15, 0.2) is 71.8 Å². The summed E-state index contributed by atoms with van der Waals surface area (Å²) in [7, 11) is 0. The zero-order valence-electron chi connectivity index (χ0n) is 18.8. The second-order valence-electron chi connectivity index (χ2n) is 7.22. The molecule has 0 radical (unpaired) electrons. The fourth-order valence-corrected chi connectivity index (χ4v) is 2.85. The Morgan fingerprint density at radius 3 is 2.42 bits per heavy atom. The number of esters is 1. The van der Waals surface area contributed by atoms with Gasteiger partial charge in [0.05, 0.1) is 18.4 Å². The van der Waals surface area contributed by atoms with E-state index in [1.54, 1.807) is 42.5 Å². The number of hydrogen-bond donors (Lipinski definition) is 1. The molecule has 0 heterocycles. The molecule has 3 aromatic rings. The van der Waals surface area contributed by atoms with Gasteiger partial charge in [-0.2, -0.15) is 5.10 Å². The van der Waals surface area contributed by atoms with Crippen molar-refractivity contribution >= 4 is 18.1 Å². The number of carbonyl (C=O) groups is 2. The lowest BCUT2D eigenvalue weighted by Gasteiger charge is -2.11. The van der Waals surface area contributed by atoms with Crippen molar-refractivity contribution in [1.29, 1.82) is 0 Å². The Kier molecular flexibility index (Phi) is 8.18. The zero-order valence-corrected chi connectivity index (χ0v) is 18.8. The Hall–Kier alpha value is -4.13. The summed E-state index contributed by atoms with van der Waals surface area (Å²) in [6.07, 6.45) is 1.47. The summed E-state index contributed by atoms with van der Waals surface area (Å²) in [6.45, 7) is 6.06. The van der Waals surface area contributed by atoms with E-state index in [1.807, 2.05) is 45.0 Å². The molecule has 0 aromatic heterocycles. The molecule has 1 N–H and O–H groups in total. The number of benzene rings is 3. The number of amides is 1. The highest BCUT2D eigenvalue weighted by Gasteiger charge is 2.13. The van der Waals surface area contributed by atoms with Crippen molar-refractivity contribution in [2.24, 2.45) is 5.10 Å². The molecule has 0 saturated carbocycles. The average Bonchev–Trinajstić information content (AvgIpc) is 2.82. The van der Waals surface area contributed by atoms with Gasteiger partial charge in [0.15, 0.2) is 18.1 Å². The first kappa shape index (κ1) is 23.5. The SMILES string of the molecule is CCOc1cc(C=NNC(=O)COc2ccc(C)c(C)c2)ccc1OC(=O)c1ccccc1. The standard InChI is InChI=1S/C26H26N2O5/c1-4-31-24-15-20(11-13-23(24)33-26(30)21-8-6-5-7-9-21)16-27-28-25(29)17-32-22-12-10-18(2)19(3)14-22/h5-16H,4,17H2,1-3H3,(H,28,29). The molecule has 0 aliphatic carbocycles. The van der Waals surface area contributed by atoms with Crippen molar-refractivity contribution in [1.82, 2.24) is 5.43 Å². The van der Waals surface area contributed by atoms with Gasteiger partial charge in [0.1, 0.15) is 5.75 Å². The van der Waals surface area contributed by atoms with Gasteiger partial charge in [0.2, 0.25) is 0 Å². The van der Waals surface area contributed by atoms with Gasteiger partial charge in [-0.1, -0.05) is 24.3 Å². The number of hydrogen-bond acceptors (Lipinski definition) is 6. The number of aryl methyl sites for hydroxylation is 2. The molecule has 7 nitrogen and oxygen atoms in total. The summed E-state index contributed by atoms with van der Waals surface area (Å²) in [6, 6.07) is 19.4. The molecule has 0 aliphatic heterocycles. The quantitative estimate of drug-likeness (QED) is 0.227. The van der Waals surface area contributed by atoms with Crippen LogP contribution >= 0.6 is 0 Å². The number of ether oxygens (including phenoxy) is 3. The highest BCUT2D eigenvalue weighted by atomic mass is 16.6. The summed E-state index contributed by atoms with van der Waals surface area (Å²) < 4.78 is 16.6. The predicted molar refractivity (Wildman–Crippen MR) is 126 cm³/mol. The minimum Gasteiger partial charge on any atom is -0.490 e. The summed E-state index contributed by atoms with van der Waals surface area (Å²) >= 11 is 0. The van der Waals surface area contributed by atoms with Crippen molar-refractivity contribution in [3.05, 3.63) is 89.0 Å². The first-order valence-corrected chi connectivity index (χ1v) is 10.5. The maximum Gasteiger partial charge on any atom is 0.343 e. The maximum absolute atomic E-state index is 12.3. The van der Waals surface area contributed by atoms with Crippen LogP contribution in [-0.4, -0.2) is 31.3 Å². The van der Waals surface area contributed by atoms with Gasteiger partial charge in [-0.3, -0.25) is 4.79 Å². The van der Waals surface area contributed by atoms with Crippen molar-refractivity contribution < 1.29 is 23.8 Å². The van der Waals surface area contributed by atoms with Gasteiger partial charge in [0.25, 0.3) is 5.91 Å². The maximum atomic E-state index is 12.3. The lowest BCUT2D eigenvalue weighted by molar-refractivity contribution is -0.123. The number of rotatable bonds is 9. The molecule has 0 atom stereocenters. The largest absolute Gasteiger partial charge is 0.490 e. The summed E-state index contributed by atoms with van der Waals surface area (Å²) in [5, 5.41) is 3.96. The number of hydrazone groups is 1. The topological polar surface area (TPSA) is 86.2 Å². The number of nitrogens with one attached hydrogen (secondary N) is 1. The van der Waals surface area contributed by atoms with E-state index >= 15 is 0 Å². The van der Waals surface area contributed by atoms with Crippen LogP contribution in [0.25, 0.3) is 0 Å². The average molecular weight is 447 g/mol. The monoisotopic (exact) mass is 446 g/mol. The van der Waals surface area contributed by atoms with E-state index in [9.17, 15) is 9.59 Å². The molecule has 0 fully saturated rings. The Morgan fingerprint density at radius 2 is 1.70 bits per heavy atom. The third-order valence-electron chi connectivity index (χ3n) is 4.73. The first-order valence-electron chi connectivity index (χ1n) is 10.5. The normalized spacial score (nSPS) is 10.6. The summed E-state index contributed by atoms with van der Waals surface area (Å²) in [4.78, 5) is 24.3. The molecular weight excluding hydrogens is 420 g/mol. The van der Waals surface area contributed by atoms with E-state index in [0.717, 1.165) is 11.1 Å². The molecule has 3 aromatic carbocycles. The molecule has 33 heavy (non-hydrogen) atoms. The van der Waals surface area contributed by atoms with Crippen molar-refractivity contribution in [2.75, 3.05) is 13.2 Å². The van der Waals surface area contributed by atoms with E-state index in [1.165, 1.54) is 6.21 Å². The van der Waals surface area contributed by atoms with Crippen LogP contribution in [0.5, 0.6) is 17.2 Å². The van der Waals surface area contributed by atoms with Gasteiger partial charge in [0, 0.05) is 0 Å².